The Kier molecular flexibility index (Phi) is 2.38. The largest absolute Gasteiger partial charge is 0.396 e. The highest BCUT2D eigenvalue weighted by molar-refractivity contribution is 5.46. The van der Waals surface area contributed by atoms with Crippen molar-refractivity contribution in [3.63, 3.8) is 0 Å². The van der Waals surface area contributed by atoms with Crippen LogP contribution in [0.5, 0.6) is 0 Å². The van der Waals surface area contributed by atoms with Crippen LogP contribution in [0.15, 0.2) is 0 Å². The SMILES string of the molecule is Cc1nn(CC(C)O)c(C)c1N. The van der Waals surface area contributed by atoms with Gasteiger partial charge in [0.1, 0.15) is 0 Å². The molecule has 1 rings (SSSR count). The summed E-state index contributed by atoms with van der Waals surface area (Å²) in [4.78, 5) is 0. The Hall–Kier alpha value is -1.03. The highest BCUT2D eigenvalue weighted by Crippen LogP contribution is 2.14. The van der Waals surface area contributed by atoms with Gasteiger partial charge in [-0.2, -0.15) is 5.10 Å². The third-order valence-corrected chi connectivity index (χ3v) is 1.87. The molecule has 0 saturated heterocycles. The van der Waals surface area contributed by atoms with Gasteiger partial charge in [0.05, 0.1) is 29.7 Å². The van der Waals surface area contributed by atoms with Crippen molar-refractivity contribution in [2.24, 2.45) is 0 Å². The predicted octanol–water partition coefficient (Wildman–Crippen LogP) is 0.463. The van der Waals surface area contributed by atoms with Gasteiger partial charge in [-0.1, -0.05) is 0 Å². The van der Waals surface area contributed by atoms with Gasteiger partial charge in [-0.15, -0.1) is 0 Å². The molecular formula is C8H15N3O. The molecular weight excluding hydrogens is 154 g/mol. The molecule has 1 heterocycles. The number of rotatable bonds is 2. The Balaban J connectivity index is 2.93. The van der Waals surface area contributed by atoms with E-state index in [1.54, 1.807) is 11.6 Å². The maximum atomic E-state index is 9.13. The summed E-state index contributed by atoms with van der Waals surface area (Å²) in [6.45, 7) is 6.00. The van der Waals surface area contributed by atoms with E-state index in [4.69, 9.17) is 10.8 Å². The van der Waals surface area contributed by atoms with Crippen LogP contribution in [0, 0.1) is 13.8 Å². The number of aliphatic hydroxyl groups is 1. The maximum Gasteiger partial charge on any atom is 0.0825 e. The average molecular weight is 169 g/mol. The van der Waals surface area contributed by atoms with Crippen molar-refractivity contribution in [3.05, 3.63) is 11.4 Å². The van der Waals surface area contributed by atoms with E-state index in [2.05, 4.69) is 5.10 Å². The van der Waals surface area contributed by atoms with Gasteiger partial charge in [0.25, 0.3) is 0 Å². The summed E-state index contributed by atoms with van der Waals surface area (Å²) >= 11 is 0. The Morgan fingerprint density at radius 3 is 2.50 bits per heavy atom. The molecule has 4 heteroatoms. The molecule has 4 nitrogen and oxygen atoms in total. The number of anilines is 1. The van der Waals surface area contributed by atoms with E-state index in [0.29, 0.717) is 6.54 Å². The lowest BCUT2D eigenvalue weighted by Gasteiger charge is -2.05. The van der Waals surface area contributed by atoms with Crippen molar-refractivity contribution in [3.8, 4) is 0 Å². The lowest BCUT2D eigenvalue weighted by atomic mass is 10.3. The fraction of sp³-hybridized carbons (Fsp3) is 0.625. The minimum absolute atomic E-state index is 0.387. The van der Waals surface area contributed by atoms with Crippen LogP contribution in [-0.2, 0) is 6.54 Å². The van der Waals surface area contributed by atoms with Gasteiger partial charge in [0, 0.05) is 0 Å². The smallest absolute Gasteiger partial charge is 0.0825 e. The van der Waals surface area contributed by atoms with Gasteiger partial charge < -0.3 is 10.8 Å². The standard InChI is InChI=1S/C8H15N3O/c1-5(12)4-11-7(3)8(9)6(2)10-11/h5,12H,4,9H2,1-3H3. The van der Waals surface area contributed by atoms with Crippen LogP contribution in [0.2, 0.25) is 0 Å². The molecule has 1 aromatic heterocycles. The van der Waals surface area contributed by atoms with Crippen LogP contribution in [-0.4, -0.2) is 21.0 Å². The zero-order valence-corrected chi connectivity index (χ0v) is 7.70. The summed E-state index contributed by atoms with van der Waals surface area (Å²) in [7, 11) is 0. The average Bonchev–Trinajstić information content (AvgIpc) is 2.17. The lowest BCUT2D eigenvalue weighted by molar-refractivity contribution is 0.167. The van der Waals surface area contributed by atoms with Crippen LogP contribution in [0.4, 0.5) is 5.69 Å². The van der Waals surface area contributed by atoms with Gasteiger partial charge >= 0.3 is 0 Å². The van der Waals surface area contributed by atoms with E-state index in [1.165, 1.54) is 0 Å². The molecule has 0 radical (unpaired) electrons. The summed E-state index contributed by atoms with van der Waals surface area (Å²) in [5, 5.41) is 13.3. The van der Waals surface area contributed by atoms with Gasteiger partial charge in [-0.3, -0.25) is 4.68 Å². The Labute approximate surface area is 72.0 Å². The molecule has 1 atom stereocenters. The Morgan fingerprint density at radius 1 is 1.58 bits per heavy atom. The van der Waals surface area contributed by atoms with E-state index in [-0.39, 0.29) is 6.10 Å². The molecule has 0 aliphatic carbocycles. The highest BCUT2D eigenvalue weighted by atomic mass is 16.3. The molecule has 1 aromatic rings. The lowest BCUT2D eigenvalue weighted by Crippen LogP contribution is -2.14. The van der Waals surface area contributed by atoms with Gasteiger partial charge in [-0.25, -0.2) is 0 Å². The highest BCUT2D eigenvalue weighted by Gasteiger charge is 2.08. The molecule has 0 saturated carbocycles. The first-order chi connectivity index (χ1) is 5.52. The zero-order valence-electron chi connectivity index (χ0n) is 7.70. The summed E-state index contributed by atoms with van der Waals surface area (Å²) in [5.41, 5.74) is 8.18. The number of nitrogens with two attached hydrogens (primary N) is 1. The quantitative estimate of drug-likeness (QED) is 0.676. The normalized spacial score (nSPS) is 13.3. The van der Waals surface area contributed by atoms with Crippen LogP contribution in [0.25, 0.3) is 0 Å². The van der Waals surface area contributed by atoms with Crippen LogP contribution >= 0.6 is 0 Å². The van der Waals surface area contributed by atoms with Crippen molar-refractivity contribution in [2.75, 3.05) is 5.73 Å². The second kappa shape index (κ2) is 3.15. The van der Waals surface area contributed by atoms with Gasteiger partial charge in [0.15, 0.2) is 0 Å². The number of nitrogens with zero attached hydrogens (tertiary/aromatic N) is 2. The van der Waals surface area contributed by atoms with Gasteiger partial charge in [-0.05, 0) is 20.8 Å². The molecule has 0 spiro atoms. The third kappa shape index (κ3) is 1.58. The molecule has 3 N–H and O–H groups in total. The fourth-order valence-corrected chi connectivity index (χ4v) is 1.14. The maximum absolute atomic E-state index is 9.13. The number of hydrogen-bond donors (Lipinski definition) is 2. The third-order valence-electron chi connectivity index (χ3n) is 1.87. The fourth-order valence-electron chi connectivity index (χ4n) is 1.14. The number of hydrogen-bond acceptors (Lipinski definition) is 3. The number of aromatic nitrogens is 2. The monoisotopic (exact) mass is 169 g/mol. The second-order valence-electron chi connectivity index (χ2n) is 3.12. The van der Waals surface area contributed by atoms with Crippen LogP contribution < -0.4 is 5.73 Å². The summed E-state index contributed by atoms with van der Waals surface area (Å²) < 4.78 is 1.73. The predicted molar refractivity (Wildman–Crippen MR) is 47.8 cm³/mol. The first-order valence-electron chi connectivity index (χ1n) is 4.00. The first-order valence-corrected chi connectivity index (χ1v) is 4.00. The molecule has 0 aromatic carbocycles. The Bertz CT molecular complexity index is 278. The second-order valence-corrected chi connectivity index (χ2v) is 3.12. The molecule has 68 valence electrons. The Morgan fingerprint density at radius 2 is 2.17 bits per heavy atom. The summed E-state index contributed by atoms with van der Waals surface area (Å²) in [5.74, 6) is 0. The summed E-state index contributed by atoms with van der Waals surface area (Å²) in [6, 6.07) is 0. The van der Waals surface area contributed by atoms with Crippen LogP contribution in [0.3, 0.4) is 0 Å². The van der Waals surface area contributed by atoms with Crippen molar-refractivity contribution < 1.29 is 5.11 Å². The minimum atomic E-state index is -0.387. The minimum Gasteiger partial charge on any atom is -0.396 e. The summed E-state index contributed by atoms with van der Waals surface area (Å²) in [6.07, 6.45) is -0.387. The van der Waals surface area contributed by atoms with E-state index >= 15 is 0 Å². The van der Waals surface area contributed by atoms with Crippen molar-refractivity contribution in [1.29, 1.82) is 0 Å². The molecule has 0 fully saturated rings. The molecule has 1 unspecified atom stereocenters. The van der Waals surface area contributed by atoms with Crippen molar-refractivity contribution in [1.82, 2.24) is 9.78 Å². The van der Waals surface area contributed by atoms with E-state index in [1.807, 2.05) is 13.8 Å². The van der Waals surface area contributed by atoms with E-state index in [9.17, 15) is 0 Å². The molecule has 0 amide bonds. The van der Waals surface area contributed by atoms with Crippen LogP contribution in [0.1, 0.15) is 18.3 Å². The topological polar surface area (TPSA) is 64.1 Å². The first kappa shape index (κ1) is 9.06. The molecule has 12 heavy (non-hydrogen) atoms. The van der Waals surface area contributed by atoms with Gasteiger partial charge in [0.2, 0.25) is 0 Å². The number of nitrogen functional groups attached to an aromatic ring is 1. The van der Waals surface area contributed by atoms with E-state index in [0.717, 1.165) is 17.1 Å². The van der Waals surface area contributed by atoms with Crippen molar-refractivity contribution >= 4 is 5.69 Å². The van der Waals surface area contributed by atoms with Crippen molar-refractivity contribution in [2.45, 2.75) is 33.4 Å². The molecule has 0 bridgehead atoms. The zero-order chi connectivity index (χ0) is 9.30. The van der Waals surface area contributed by atoms with E-state index < -0.39 is 0 Å². The number of aliphatic hydroxyl groups excluding tert-OH is 1. The molecule has 0 aliphatic heterocycles. The molecule has 0 aliphatic rings. The number of aryl methyl sites for hydroxylation is 1.